The van der Waals surface area contributed by atoms with Gasteiger partial charge in [-0.2, -0.15) is 0 Å². The molecule has 0 spiro atoms. The number of alkyl halides is 1. The Bertz CT molecular complexity index is 1190. The van der Waals surface area contributed by atoms with Crippen molar-refractivity contribution < 1.29 is 14.3 Å². The SMILES string of the molecule is CNc1cc(CCl)cc(COc2cc(N=CC3Cc4ccccc4N3C=O)c(C)cc2OC)c1. The maximum absolute atomic E-state index is 11.7. The molecule has 34 heavy (non-hydrogen) atoms. The predicted molar refractivity (Wildman–Crippen MR) is 138 cm³/mol. The van der Waals surface area contributed by atoms with Crippen molar-refractivity contribution in [2.75, 3.05) is 24.4 Å². The van der Waals surface area contributed by atoms with E-state index in [1.807, 2.05) is 74.8 Å². The van der Waals surface area contributed by atoms with E-state index in [9.17, 15) is 4.79 Å². The Labute approximate surface area is 205 Å². The highest BCUT2D eigenvalue weighted by molar-refractivity contribution is 6.17. The van der Waals surface area contributed by atoms with Crippen LogP contribution in [0.1, 0.15) is 22.3 Å². The van der Waals surface area contributed by atoms with Crippen LogP contribution < -0.4 is 19.7 Å². The number of anilines is 2. The van der Waals surface area contributed by atoms with Crippen LogP contribution in [0.15, 0.2) is 59.6 Å². The van der Waals surface area contributed by atoms with Crippen molar-refractivity contribution in [3.63, 3.8) is 0 Å². The van der Waals surface area contributed by atoms with E-state index in [1.165, 1.54) is 0 Å². The smallest absolute Gasteiger partial charge is 0.214 e. The topological polar surface area (TPSA) is 63.2 Å². The van der Waals surface area contributed by atoms with Gasteiger partial charge in [0.25, 0.3) is 0 Å². The summed E-state index contributed by atoms with van der Waals surface area (Å²) in [7, 11) is 3.50. The van der Waals surface area contributed by atoms with Gasteiger partial charge in [-0.3, -0.25) is 9.79 Å². The number of aliphatic imine (C=N–C) groups is 1. The van der Waals surface area contributed by atoms with Gasteiger partial charge in [0, 0.05) is 43.0 Å². The molecule has 0 aliphatic carbocycles. The third-order valence-corrected chi connectivity index (χ3v) is 6.24. The van der Waals surface area contributed by atoms with Crippen LogP contribution >= 0.6 is 11.6 Å². The first-order valence-electron chi connectivity index (χ1n) is 11.1. The molecule has 1 unspecified atom stereocenters. The maximum Gasteiger partial charge on any atom is 0.214 e. The summed E-state index contributed by atoms with van der Waals surface area (Å²) in [4.78, 5) is 18.2. The number of benzene rings is 3. The van der Waals surface area contributed by atoms with Crippen LogP contribution in [0.5, 0.6) is 11.5 Å². The zero-order valence-corrected chi connectivity index (χ0v) is 20.3. The second kappa shape index (κ2) is 10.6. The maximum atomic E-state index is 11.7. The van der Waals surface area contributed by atoms with E-state index in [4.69, 9.17) is 26.1 Å². The van der Waals surface area contributed by atoms with Crippen molar-refractivity contribution in [1.29, 1.82) is 0 Å². The number of halogens is 1. The van der Waals surface area contributed by atoms with Crippen LogP contribution in [-0.2, 0) is 23.7 Å². The molecule has 6 nitrogen and oxygen atoms in total. The number of nitrogens with one attached hydrogen (secondary N) is 1. The van der Waals surface area contributed by atoms with Crippen molar-refractivity contribution in [2.24, 2.45) is 4.99 Å². The molecular formula is C27H28ClN3O3. The fourth-order valence-corrected chi connectivity index (χ4v) is 4.31. The average Bonchev–Trinajstić information content (AvgIpc) is 3.24. The monoisotopic (exact) mass is 477 g/mol. The van der Waals surface area contributed by atoms with Crippen molar-refractivity contribution in [3.05, 3.63) is 76.9 Å². The van der Waals surface area contributed by atoms with Gasteiger partial charge in [-0.1, -0.05) is 24.3 Å². The lowest BCUT2D eigenvalue weighted by molar-refractivity contribution is -0.107. The molecule has 0 fully saturated rings. The lowest BCUT2D eigenvalue weighted by Crippen LogP contribution is -2.31. The van der Waals surface area contributed by atoms with E-state index >= 15 is 0 Å². The first-order chi connectivity index (χ1) is 16.6. The zero-order valence-electron chi connectivity index (χ0n) is 19.5. The molecule has 176 valence electrons. The first-order valence-corrected chi connectivity index (χ1v) is 11.6. The second-order valence-corrected chi connectivity index (χ2v) is 8.46. The van der Waals surface area contributed by atoms with Gasteiger partial charge in [-0.15, -0.1) is 11.6 Å². The number of carbonyl (C=O) groups excluding carboxylic acids is 1. The minimum Gasteiger partial charge on any atom is -0.493 e. The average molecular weight is 478 g/mol. The van der Waals surface area contributed by atoms with Gasteiger partial charge >= 0.3 is 0 Å². The molecule has 0 saturated carbocycles. The second-order valence-electron chi connectivity index (χ2n) is 8.19. The molecule has 3 aromatic rings. The van der Waals surface area contributed by atoms with Crippen molar-refractivity contribution in [3.8, 4) is 11.5 Å². The zero-order chi connectivity index (χ0) is 24.1. The quantitative estimate of drug-likeness (QED) is 0.245. The Morgan fingerprint density at radius 3 is 2.68 bits per heavy atom. The summed E-state index contributed by atoms with van der Waals surface area (Å²) >= 11 is 6.04. The lowest BCUT2D eigenvalue weighted by atomic mass is 10.1. The predicted octanol–water partition coefficient (Wildman–Crippen LogP) is 5.65. The summed E-state index contributed by atoms with van der Waals surface area (Å²) in [5, 5.41) is 3.15. The molecule has 0 aromatic heterocycles. The highest BCUT2D eigenvalue weighted by Gasteiger charge is 2.27. The molecular weight excluding hydrogens is 450 g/mol. The summed E-state index contributed by atoms with van der Waals surface area (Å²) < 4.78 is 11.7. The third-order valence-electron chi connectivity index (χ3n) is 5.93. The number of hydrogen-bond acceptors (Lipinski definition) is 5. The number of ether oxygens (including phenoxy) is 2. The standard InChI is InChI=1S/C27H28ClN3O3/c1-18-8-26(33-3)27(34-16-20-9-19(14-28)10-22(11-20)29-2)13-24(18)30-15-23-12-21-6-4-5-7-25(21)31(23)17-32/h4-11,13,15,17,23,29H,12,14,16H2,1-3H3. The Morgan fingerprint density at radius 1 is 1.15 bits per heavy atom. The number of hydrogen-bond donors (Lipinski definition) is 1. The molecule has 7 heteroatoms. The molecule has 0 bridgehead atoms. The van der Waals surface area contributed by atoms with Crippen LogP contribution in [-0.4, -0.2) is 32.8 Å². The first kappa shape index (κ1) is 23.6. The fourth-order valence-electron chi connectivity index (χ4n) is 4.15. The van der Waals surface area contributed by atoms with E-state index in [-0.39, 0.29) is 6.04 Å². The van der Waals surface area contributed by atoms with Crippen molar-refractivity contribution >= 4 is 41.3 Å². The third kappa shape index (κ3) is 5.02. The Morgan fingerprint density at radius 2 is 1.94 bits per heavy atom. The number of nitrogens with zero attached hydrogens (tertiary/aromatic N) is 2. The molecule has 1 aliphatic rings. The molecule has 1 amide bonds. The number of aryl methyl sites for hydroxylation is 1. The minimum atomic E-state index is -0.126. The molecule has 4 rings (SSSR count). The summed E-state index contributed by atoms with van der Waals surface area (Å²) in [5.74, 6) is 1.67. The lowest BCUT2D eigenvalue weighted by Gasteiger charge is -2.17. The molecule has 1 atom stereocenters. The molecule has 0 radical (unpaired) electrons. The molecule has 3 aromatic carbocycles. The number of amides is 1. The van der Waals surface area contributed by atoms with Gasteiger partial charge in [-0.05, 0) is 53.4 Å². The normalized spacial score (nSPS) is 14.8. The number of carbonyl (C=O) groups is 1. The minimum absolute atomic E-state index is 0.126. The van der Waals surface area contributed by atoms with Gasteiger partial charge < -0.3 is 19.7 Å². The van der Waals surface area contributed by atoms with Crippen LogP contribution in [0, 0.1) is 6.92 Å². The molecule has 0 saturated heterocycles. The summed E-state index contributed by atoms with van der Waals surface area (Å²) in [6.07, 6.45) is 3.43. The van der Waals surface area contributed by atoms with Gasteiger partial charge in [0.2, 0.25) is 6.41 Å². The fraction of sp³-hybridized carbons (Fsp3) is 0.259. The molecule has 1 aliphatic heterocycles. The van der Waals surface area contributed by atoms with Crippen LogP contribution in [0.3, 0.4) is 0 Å². The van der Waals surface area contributed by atoms with E-state index in [2.05, 4.69) is 5.32 Å². The van der Waals surface area contributed by atoms with E-state index in [0.717, 1.165) is 52.1 Å². The molecule has 1 heterocycles. The number of fused-ring (bicyclic) bond motifs is 1. The summed E-state index contributed by atoms with van der Waals surface area (Å²) in [6.45, 7) is 2.34. The highest BCUT2D eigenvalue weighted by Crippen LogP contribution is 2.36. The molecule has 1 N–H and O–H groups in total. The van der Waals surface area contributed by atoms with Crippen molar-refractivity contribution in [1.82, 2.24) is 0 Å². The van der Waals surface area contributed by atoms with Crippen LogP contribution in [0.4, 0.5) is 17.1 Å². The number of rotatable bonds is 9. The number of para-hydroxylation sites is 1. The van der Waals surface area contributed by atoms with Crippen LogP contribution in [0.25, 0.3) is 0 Å². The van der Waals surface area contributed by atoms with E-state index in [0.29, 0.717) is 24.0 Å². The van der Waals surface area contributed by atoms with E-state index in [1.54, 1.807) is 12.0 Å². The van der Waals surface area contributed by atoms with Gasteiger partial charge in [0.1, 0.15) is 6.61 Å². The Kier molecular flexibility index (Phi) is 7.38. The number of methoxy groups -OCH3 is 1. The van der Waals surface area contributed by atoms with E-state index < -0.39 is 0 Å². The largest absolute Gasteiger partial charge is 0.493 e. The van der Waals surface area contributed by atoms with Gasteiger partial charge in [-0.25, -0.2) is 0 Å². The van der Waals surface area contributed by atoms with Gasteiger partial charge in [0.05, 0.1) is 18.8 Å². The summed E-state index contributed by atoms with van der Waals surface area (Å²) in [6, 6.07) is 17.7. The van der Waals surface area contributed by atoms with Gasteiger partial charge in [0.15, 0.2) is 11.5 Å². The Balaban J connectivity index is 1.56. The van der Waals surface area contributed by atoms with Crippen molar-refractivity contribution in [2.45, 2.75) is 31.9 Å². The summed E-state index contributed by atoms with van der Waals surface area (Å²) in [5.41, 5.74) is 6.80. The Hall–Kier alpha value is -3.51. The van der Waals surface area contributed by atoms with Crippen LogP contribution in [0.2, 0.25) is 0 Å². The highest BCUT2D eigenvalue weighted by atomic mass is 35.5.